The van der Waals surface area contributed by atoms with Crippen molar-refractivity contribution in [3.8, 4) is 0 Å². The zero-order valence-electron chi connectivity index (χ0n) is 21.5. The fourth-order valence-electron chi connectivity index (χ4n) is 8.33. The molecular formula is C32H40N2. The summed E-state index contributed by atoms with van der Waals surface area (Å²) in [6.07, 6.45) is 14.4. The van der Waals surface area contributed by atoms with Gasteiger partial charge < -0.3 is 4.90 Å². The minimum absolute atomic E-state index is 0.0567. The first-order chi connectivity index (χ1) is 16.3. The highest BCUT2D eigenvalue weighted by Gasteiger charge is 2.51. The summed E-state index contributed by atoms with van der Waals surface area (Å²) in [4.78, 5) is 7.40. The molecule has 0 unspecified atom stereocenters. The van der Waals surface area contributed by atoms with Gasteiger partial charge in [0.15, 0.2) is 0 Å². The second-order valence-electron chi connectivity index (χ2n) is 12.4. The van der Waals surface area contributed by atoms with Crippen molar-refractivity contribution < 1.29 is 0 Å². The Labute approximate surface area is 206 Å². The fourth-order valence-corrected chi connectivity index (χ4v) is 8.33. The molecule has 5 aliphatic rings. The predicted octanol–water partition coefficient (Wildman–Crippen LogP) is 8.32. The highest BCUT2D eigenvalue weighted by Crippen LogP contribution is 2.60. The molecular weight excluding hydrogens is 412 g/mol. The highest BCUT2D eigenvalue weighted by molar-refractivity contribution is 5.88. The number of allylic oxidation sites excluding steroid dienone is 1. The van der Waals surface area contributed by atoms with Gasteiger partial charge in [-0.2, -0.15) is 0 Å². The van der Waals surface area contributed by atoms with Crippen molar-refractivity contribution in [1.82, 2.24) is 0 Å². The van der Waals surface area contributed by atoms with Crippen LogP contribution in [0.4, 0.5) is 11.4 Å². The average molecular weight is 453 g/mol. The Bertz CT molecular complexity index is 1100. The monoisotopic (exact) mass is 452 g/mol. The Hall–Kier alpha value is -2.35. The maximum absolute atomic E-state index is 4.86. The van der Waals surface area contributed by atoms with E-state index in [4.69, 9.17) is 4.99 Å². The minimum atomic E-state index is 0.0567. The number of aliphatic imine (C=N–C) groups is 1. The molecule has 34 heavy (non-hydrogen) atoms. The van der Waals surface area contributed by atoms with E-state index in [1.54, 1.807) is 5.56 Å². The van der Waals surface area contributed by atoms with Crippen LogP contribution in [0, 0.1) is 17.8 Å². The third-order valence-electron chi connectivity index (χ3n) is 9.33. The van der Waals surface area contributed by atoms with Crippen molar-refractivity contribution in [1.29, 1.82) is 0 Å². The number of nitrogens with zero attached hydrogens (tertiary/aromatic N) is 2. The minimum Gasteiger partial charge on any atom is -0.362 e. The zero-order valence-corrected chi connectivity index (χ0v) is 21.5. The summed E-state index contributed by atoms with van der Waals surface area (Å²) in [5, 5.41) is 0. The third kappa shape index (κ3) is 3.74. The fraction of sp³-hybridized carbons (Fsp3) is 0.531. The van der Waals surface area contributed by atoms with Crippen LogP contribution in [0.1, 0.15) is 89.3 Å². The molecule has 4 aliphatic carbocycles. The van der Waals surface area contributed by atoms with E-state index in [9.17, 15) is 0 Å². The van der Waals surface area contributed by atoms with E-state index in [0.29, 0.717) is 5.41 Å². The molecule has 0 aromatic heterocycles. The summed E-state index contributed by atoms with van der Waals surface area (Å²) in [6, 6.07) is 16.1. The van der Waals surface area contributed by atoms with Gasteiger partial charge in [0.05, 0.1) is 11.2 Å². The molecule has 7 rings (SSSR count). The normalized spacial score (nSPS) is 31.1. The molecule has 1 heterocycles. The van der Waals surface area contributed by atoms with Crippen molar-refractivity contribution in [2.24, 2.45) is 22.7 Å². The number of anilines is 1. The Morgan fingerprint density at radius 3 is 2.21 bits per heavy atom. The lowest BCUT2D eigenvalue weighted by Crippen LogP contribution is -2.48. The maximum atomic E-state index is 4.86. The Kier molecular flexibility index (Phi) is 5.28. The van der Waals surface area contributed by atoms with E-state index in [-0.39, 0.29) is 5.54 Å². The first-order valence-electron chi connectivity index (χ1n) is 13.6. The smallest absolute Gasteiger partial charge is 0.0630 e. The van der Waals surface area contributed by atoms with Crippen molar-refractivity contribution in [2.75, 3.05) is 11.4 Å². The zero-order chi connectivity index (χ0) is 23.5. The molecule has 0 spiro atoms. The Morgan fingerprint density at radius 1 is 0.941 bits per heavy atom. The van der Waals surface area contributed by atoms with Gasteiger partial charge in [0.1, 0.15) is 0 Å². The second-order valence-corrected chi connectivity index (χ2v) is 12.4. The molecule has 4 saturated carbocycles. The van der Waals surface area contributed by atoms with Gasteiger partial charge in [-0.25, -0.2) is 0 Å². The van der Waals surface area contributed by atoms with Crippen LogP contribution in [0.5, 0.6) is 0 Å². The number of rotatable bonds is 5. The lowest BCUT2D eigenvalue weighted by atomic mass is 9.48. The quantitative estimate of drug-likeness (QED) is 0.416. The van der Waals surface area contributed by atoms with E-state index in [2.05, 4.69) is 81.1 Å². The summed E-state index contributed by atoms with van der Waals surface area (Å²) in [5.74, 6) is 2.97. The molecule has 2 heteroatoms. The molecule has 2 aromatic carbocycles. The van der Waals surface area contributed by atoms with Crippen LogP contribution in [0.25, 0.3) is 5.57 Å². The molecule has 0 atom stereocenters. The largest absolute Gasteiger partial charge is 0.362 e. The van der Waals surface area contributed by atoms with Crippen LogP contribution < -0.4 is 4.90 Å². The van der Waals surface area contributed by atoms with Gasteiger partial charge in [-0.15, -0.1) is 0 Å². The summed E-state index contributed by atoms with van der Waals surface area (Å²) in [6.45, 7) is 10.2. The molecule has 4 fully saturated rings. The summed E-state index contributed by atoms with van der Waals surface area (Å²) in [5.41, 5.74) is 8.40. The second kappa shape index (κ2) is 8.11. The van der Waals surface area contributed by atoms with Crippen LogP contribution in [0.15, 0.2) is 53.5 Å². The number of fused-ring (bicyclic) bond motifs is 1. The van der Waals surface area contributed by atoms with Gasteiger partial charge in [0, 0.05) is 24.0 Å². The van der Waals surface area contributed by atoms with Crippen LogP contribution in [0.3, 0.4) is 0 Å². The topological polar surface area (TPSA) is 15.6 Å². The standard InChI is InChI=1S/C32H40N2/c1-5-12-34-30-11-6-23(16-29(30)22(2)17-31(34,3)4)21-33-28-9-7-27(8-10-28)32-18-24-13-25(19-32)15-26(14-24)20-32/h6-11,16-17,21,24-26H,5,12-15,18-20H2,1-4H3. The number of hydrogen-bond donors (Lipinski definition) is 0. The molecule has 1 aliphatic heterocycles. The molecule has 4 bridgehead atoms. The summed E-state index contributed by atoms with van der Waals surface area (Å²) < 4.78 is 0. The van der Waals surface area contributed by atoms with Gasteiger partial charge in [0.2, 0.25) is 0 Å². The van der Waals surface area contributed by atoms with Crippen molar-refractivity contribution in [3.63, 3.8) is 0 Å². The molecule has 2 aromatic rings. The number of benzene rings is 2. The van der Waals surface area contributed by atoms with E-state index >= 15 is 0 Å². The molecule has 0 saturated heterocycles. The van der Waals surface area contributed by atoms with Gasteiger partial charge in [-0.1, -0.05) is 31.2 Å². The molecule has 0 N–H and O–H groups in total. The molecule has 2 nitrogen and oxygen atoms in total. The highest BCUT2D eigenvalue weighted by atomic mass is 15.2. The lowest BCUT2D eigenvalue weighted by molar-refractivity contribution is -0.00518. The van der Waals surface area contributed by atoms with Gasteiger partial charge >= 0.3 is 0 Å². The van der Waals surface area contributed by atoms with E-state index in [1.165, 1.54) is 60.9 Å². The van der Waals surface area contributed by atoms with E-state index in [1.807, 2.05) is 6.21 Å². The van der Waals surface area contributed by atoms with Gasteiger partial charge in [0.25, 0.3) is 0 Å². The first kappa shape index (κ1) is 22.1. The van der Waals surface area contributed by atoms with Crippen LogP contribution >= 0.6 is 0 Å². The van der Waals surface area contributed by atoms with Crippen LogP contribution in [-0.2, 0) is 5.41 Å². The van der Waals surface area contributed by atoms with Crippen LogP contribution in [0.2, 0.25) is 0 Å². The van der Waals surface area contributed by atoms with E-state index in [0.717, 1.165) is 36.4 Å². The predicted molar refractivity (Wildman–Crippen MR) is 145 cm³/mol. The van der Waals surface area contributed by atoms with Gasteiger partial charge in [-0.05, 0) is 130 Å². The third-order valence-corrected chi connectivity index (χ3v) is 9.33. The Balaban J connectivity index is 1.22. The molecule has 178 valence electrons. The average Bonchev–Trinajstić information content (AvgIpc) is 2.79. The maximum Gasteiger partial charge on any atom is 0.0630 e. The summed E-state index contributed by atoms with van der Waals surface area (Å²) >= 11 is 0. The summed E-state index contributed by atoms with van der Waals surface area (Å²) in [7, 11) is 0. The lowest BCUT2D eigenvalue weighted by Gasteiger charge is -2.57. The Morgan fingerprint density at radius 2 is 1.59 bits per heavy atom. The SMILES string of the molecule is CCCN1c2ccc(C=Nc3ccc(C45CC6CC(CC(C6)C4)C5)cc3)cc2C(C)=CC1(C)C. The van der Waals surface area contributed by atoms with Crippen molar-refractivity contribution >= 4 is 23.2 Å². The van der Waals surface area contributed by atoms with Crippen molar-refractivity contribution in [3.05, 3.63) is 65.2 Å². The van der Waals surface area contributed by atoms with Gasteiger partial charge in [-0.3, -0.25) is 4.99 Å². The molecule has 0 radical (unpaired) electrons. The number of hydrogen-bond acceptors (Lipinski definition) is 2. The first-order valence-corrected chi connectivity index (χ1v) is 13.6. The van der Waals surface area contributed by atoms with E-state index < -0.39 is 0 Å². The van der Waals surface area contributed by atoms with Crippen LogP contribution in [-0.4, -0.2) is 18.3 Å². The molecule has 0 amide bonds. The van der Waals surface area contributed by atoms with Crippen molar-refractivity contribution in [2.45, 2.75) is 83.6 Å².